The Kier molecular flexibility index (Phi) is 5.41. The summed E-state index contributed by atoms with van der Waals surface area (Å²) in [5.74, 6) is 1.37. The average Bonchev–Trinajstić information content (AvgIpc) is 2.38. The molecule has 1 unspecified atom stereocenters. The van der Waals surface area contributed by atoms with Crippen molar-refractivity contribution in [3.63, 3.8) is 0 Å². The predicted molar refractivity (Wildman–Crippen MR) is 76.6 cm³/mol. The number of aliphatic hydroxyl groups is 1. The van der Waals surface area contributed by atoms with Crippen molar-refractivity contribution in [2.24, 2.45) is 17.3 Å². The number of nitrogens with zero attached hydrogens (tertiary/aromatic N) is 1. The molecule has 1 aliphatic rings. The highest BCUT2D eigenvalue weighted by atomic mass is 16.5. The molecule has 0 aromatic carbocycles. The SMILES string of the molecule is COC(C)(C)CC(O)C1(C#N)CCC(C(C)C)CC1. The zero-order chi connectivity index (χ0) is 14.7. The zero-order valence-corrected chi connectivity index (χ0v) is 13.1. The number of aliphatic hydroxyl groups excluding tert-OH is 1. The van der Waals surface area contributed by atoms with Gasteiger partial charge < -0.3 is 9.84 Å². The van der Waals surface area contributed by atoms with Gasteiger partial charge in [-0.3, -0.25) is 0 Å². The Morgan fingerprint density at radius 3 is 2.26 bits per heavy atom. The van der Waals surface area contributed by atoms with Crippen molar-refractivity contribution in [3.05, 3.63) is 0 Å². The first-order valence-electron chi connectivity index (χ1n) is 7.41. The van der Waals surface area contributed by atoms with E-state index in [2.05, 4.69) is 19.9 Å². The van der Waals surface area contributed by atoms with Crippen LogP contribution in [0, 0.1) is 28.6 Å². The van der Waals surface area contributed by atoms with Crippen LogP contribution in [-0.2, 0) is 4.74 Å². The van der Waals surface area contributed by atoms with Crippen LogP contribution in [0.4, 0.5) is 0 Å². The molecule has 0 aromatic rings. The second-order valence-electron chi connectivity index (χ2n) is 7.03. The molecule has 0 amide bonds. The van der Waals surface area contributed by atoms with E-state index < -0.39 is 11.5 Å². The molecule has 0 spiro atoms. The lowest BCUT2D eigenvalue weighted by atomic mass is 9.64. The molecule has 1 rings (SSSR count). The van der Waals surface area contributed by atoms with Crippen molar-refractivity contribution in [3.8, 4) is 6.07 Å². The van der Waals surface area contributed by atoms with E-state index in [1.54, 1.807) is 7.11 Å². The first-order chi connectivity index (χ1) is 8.76. The number of methoxy groups -OCH3 is 1. The Balaban J connectivity index is 2.71. The van der Waals surface area contributed by atoms with E-state index in [1.165, 1.54) is 0 Å². The Morgan fingerprint density at radius 1 is 1.37 bits per heavy atom. The van der Waals surface area contributed by atoms with Crippen molar-refractivity contribution < 1.29 is 9.84 Å². The maximum Gasteiger partial charge on any atom is 0.0833 e. The van der Waals surface area contributed by atoms with Gasteiger partial charge in [0.15, 0.2) is 0 Å². The van der Waals surface area contributed by atoms with Gasteiger partial charge in [-0.05, 0) is 51.4 Å². The van der Waals surface area contributed by atoms with Crippen molar-refractivity contribution in [1.82, 2.24) is 0 Å². The molecule has 0 saturated heterocycles. The van der Waals surface area contributed by atoms with Gasteiger partial charge in [0.2, 0.25) is 0 Å². The van der Waals surface area contributed by atoms with Gasteiger partial charge in [-0.1, -0.05) is 13.8 Å². The van der Waals surface area contributed by atoms with Gasteiger partial charge in [0, 0.05) is 13.5 Å². The summed E-state index contributed by atoms with van der Waals surface area (Å²) in [5.41, 5.74) is -0.945. The average molecular weight is 267 g/mol. The highest BCUT2D eigenvalue weighted by Gasteiger charge is 2.43. The van der Waals surface area contributed by atoms with E-state index >= 15 is 0 Å². The predicted octanol–water partition coefficient (Wildman–Crippen LogP) is 3.52. The Labute approximate surface area is 118 Å². The molecule has 0 aliphatic heterocycles. The number of nitriles is 1. The third-order valence-corrected chi connectivity index (χ3v) is 4.96. The topological polar surface area (TPSA) is 53.2 Å². The van der Waals surface area contributed by atoms with Crippen molar-refractivity contribution in [2.45, 2.75) is 71.5 Å². The van der Waals surface area contributed by atoms with Crippen LogP contribution in [0.5, 0.6) is 0 Å². The quantitative estimate of drug-likeness (QED) is 0.829. The molecule has 1 atom stereocenters. The third kappa shape index (κ3) is 3.94. The van der Waals surface area contributed by atoms with Crippen LogP contribution in [0.3, 0.4) is 0 Å². The van der Waals surface area contributed by atoms with Crippen molar-refractivity contribution in [2.75, 3.05) is 7.11 Å². The van der Waals surface area contributed by atoms with Gasteiger partial charge >= 0.3 is 0 Å². The molecule has 3 nitrogen and oxygen atoms in total. The van der Waals surface area contributed by atoms with E-state index in [4.69, 9.17) is 4.74 Å². The summed E-state index contributed by atoms with van der Waals surface area (Å²) in [4.78, 5) is 0. The molecule has 1 saturated carbocycles. The lowest BCUT2D eigenvalue weighted by Gasteiger charge is -2.41. The van der Waals surface area contributed by atoms with E-state index in [9.17, 15) is 10.4 Å². The van der Waals surface area contributed by atoms with Gasteiger partial charge in [0.25, 0.3) is 0 Å². The fourth-order valence-electron chi connectivity index (χ4n) is 3.09. The number of hydrogen-bond donors (Lipinski definition) is 1. The van der Waals surface area contributed by atoms with E-state index in [-0.39, 0.29) is 5.60 Å². The smallest absolute Gasteiger partial charge is 0.0833 e. The van der Waals surface area contributed by atoms with Gasteiger partial charge in [0.05, 0.1) is 23.2 Å². The van der Waals surface area contributed by atoms with Gasteiger partial charge in [-0.25, -0.2) is 0 Å². The van der Waals surface area contributed by atoms with Crippen LogP contribution in [0.15, 0.2) is 0 Å². The van der Waals surface area contributed by atoms with Gasteiger partial charge in [-0.2, -0.15) is 5.26 Å². The monoisotopic (exact) mass is 267 g/mol. The lowest BCUT2D eigenvalue weighted by Crippen LogP contribution is -2.42. The summed E-state index contributed by atoms with van der Waals surface area (Å²) in [6, 6.07) is 2.42. The standard InChI is InChI=1S/C16H29NO2/c1-12(2)13-6-8-16(11-17,9-7-13)14(18)10-15(3,4)19-5/h12-14,18H,6-10H2,1-5H3. The minimum Gasteiger partial charge on any atom is -0.391 e. The highest BCUT2D eigenvalue weighted by Crippen LogP contribution is 2.45. The largest absolute Gasteiger partial charge is 0.391 e. The fourth-order valence-corrected chi connectivity index (χ4v) is 3.09. The second-order valence-corrected chi connectivity index (χ2v) is 7.03. The number of ether oxygens (including phenoxy) is 1. The zero-order valence-electron chi connectivity index (χ0n) is 13.1. The minimum absolute atomic E-state index is 0.377. The van der Waals surface area contributed by atoms with Crippen LogP contribution < -0.4 is 0 Å². The van der Waals surface area contributed by atoms with Crippen LogP contribution in [-0.4, -0.2) is 23.9 Å². The Hall–Kier alpha value is -0.590. The second kappa shape index (κ2) is 6.24. The highest BCUT2D eigenvalue weighted by molar-refractivity contribution is 5.07. The summed E-state index contributed by atoms with van der Waals surface area (Å²) >= 11 is 0. The molecule has 1 fully saturated rings. The molecule has 0 radical (unpaired) electrons. The van der Waals surface area contributed by atoms with Crippen LogP contribution in [0.2, 0.25) is 0 Å². The summed E-state index contributed by atoms with van der Waals surface area (Å²) in [6.07, 6.45) is 3.65. The first-order valence-corrected chi connectivity index (χ1v) is 7.41. The lowest BCUT2D eigenvalue weighted by molar-refractivity contribution is -0.0599. The maximum absolute atomic E-state index is 10.5. The Bertz CT molecular complexity index is 322. The molecular weight excluding hydrogens is 238 g/mol. The maximum atomic E-state index is 10.5. The van der Waals surface area contributed by atoms with Gasteiger partial charge in [0.1, 0.15) is 0 Å². The summed E-state index contributed by atoms with van der Waals surface area (Å²) in [7, 11) is 1.65. The van der Waals surface area contributed by atoms with E-state index in [1.807, 2.05) is 13.8 Å². The van der Waals surface area contributed by atoms with Gasteiger partial charge in [-0.15, -0.1) is 0 Å². The number of hydrogen-bond acceptors (Lipinski definition) is 3. The van der Waals surface area contributed by atoms with Crippen LogP contribution >= 0.6 is 0 Å². The molecule has 1 N–H and O–H groups in total. The van der Waals surface area contributed by atoms with Crippen molar-refractivity contribution in [1.29, 1.82) is 5.26 Å². The number of rotatable bonds is 5. The molecule has 3 heteroatoms. The molecule has 0 heterocycles. The third-order valence-electron chi connectivity index (χ3n) is 4.96. The van der Waals surface area contributed by atoms with Crippen LogP contribution in [0.1, 0.15) is 59.8 Å². The summed E-state index contributed by atoms with van der Waals surface area (Å²) in [5, 5.41) is 20.1. The summed E-state index contributed by atoms with van der Waals surface area (Å²) < 4.78 is 5.38. The van der Waals surface area contributed by atoms with E-state index in [0.29, 0.717) is 18.3 Å². The first kappa shape index (κ1) is 16.5. The molecular formula is C16H29NO2. The van der Waals surface area contributed by atoms with Crippen molar-refractivity contribution >= 4 is 0 Å². The molecule has 19 heavy (non-hydrogen) atoms. The molecule has 1 aliphatic carbocycles. The molecule has 110 valence electrons. The fraction of sp³-hybridized carbons (Fsp3) is 0.938. The normalized spacial score (nSPS) is 30.1. The Morgan fingerprint density at radius 2 is 1.89 bits per heavy atom. The molecule has 0 aromatic heterocycles. The summed E-state index contributed by atoms with van der Waals surface area (Å²) in [6.45, 7) is 8.41. The minimum atomic E-state index is -0.597. The molecule has 0 bridgehead atoms. The van der Waals surface area contributed by atoms with Crippen LogP contribution in [0.25, 0.3) is 0 Å². The van der Waals surface area contributed by atoms with E-state index in [0.717, 1.165) is 25.7 Å².